The van der Waals surface area contributed by atoms with Crippen molar-refractivity contribution in [3.8, 4) is 10.8 Å². The molecule has 0 saturated carbocycles. The number of nitrogens with zero attached hydrogens (tertiary/aromatic N) is 3. The van der Waals surface area contributed by atoms with Crippen LogP contribution in [0.1, 0.15) is 12.0 Å². The second-order valence-electron chi connectivity index (χ2n) is 6.18. The highest BCUT2D eigenvalue weighted by Gasteiger charge is 2.24. The van der Waals surface area contributed by atoms with Gasteiger partial charge in [0.15, 0.2) is 9.84 Å². The number of sulfone groups is 1. The van der Waals surface area contributed by atoms with Gasteiger partial charge < -0.3 is 9.32 Å². The lowest BCUT2D eigenvalue weighted by Gasteiger charge is -2.31. The van der Waals surface area contributed by atoms with Gasteiger partial charge >= 0.3 is 5.76 Å². The van der Waals surface area contributed by atoms with Gasteiger partial charge in [-0.2, -0.15) is 4.68 Å². The van der Waals surface area contributed by atoms with Crippen molar-refractivity contribution in [2.24, 2.45) is 0 Å². The second kappa shape index (κ2) is 6.40. The van der Waals surface area contributed by atoms with Crippen molar-refractivity contribution >= 4 is 26.9 Å². The zero-order chi connectivity index (χ0) is 18.3. The number of aromatic nitrogens is 2. The molecule has 136 valence electrons. The average molecular weight is 391 g/mol. The van der Waals surface area contributed by atoms with Gasteiger partial charge in [-0.05, 0) is 42.0 Å². The molecule has 0 unspecified atom stereocenters. The largest absolute Gasteiger partial charge is 0.439 e. The fourth-order valence-corrected chi connectivity index (χ4v) is 4.84. The Bertz CT molecular complexity index is 1100. The van der Waals surface area contributed by atoms with Crippen molar-refractivity contribution in [3.63, 3.8) is 0 Å². The van der Waals surface area contributed by atoms with Crippen molar-refractivity contribution in [2.75, 3.05) is 17.7 Å². The normalized spacial score (nSPS) is 14.4. The monoisotopic (exact) mass is 391 g/mol. The number of fused-ring (bicyclic) bond motifs is 1. The van der Waals surface area contributed by atoms with Crippen LogP contribution >= 0.6 is 11.3 Å². The van der Waals surface area contributed by atoms with E-state index in [0.29, 0.717) is 23.8 Å². The molecule has 7 nitrogen and oxygen atoms in total. The minimum Gasteiger partial charge on any atom is -0.387 e. The van der Waals surface area contributed by atoms with Crippen molar-refractivity contribution in [1.29, 1.82) is 0 Å². The lowest BCUT2D eigenvalue weighted by molar-refractivity contribution is 0.468. The number of anilines is 1. The summed E-state index contributed by atoms with van der Waals surface area (Å²) < 4.78 is 30.6. The van der Waals surface area contributed by atoms with Crippen LogP contribution in [-0.4, -0.2) is 31.0 Å². The first-order valence-electron chi connectivity index (χ1n) is 8.12. The van der Waals surface area contributed by atoms with E-state index >= 15 is 0 Å². The fraction of sp³-hybridized carbons (Fsp3) is 0.294. The third-order valence-electron chi connectivity index (χ3n) is 4.35. The minimum atomic E-state index is -3.30. The first-order chi connectivity index (χ1) is 12.4. The summed E-state index contributed by atoms with van der Waals surface area (Å²) in [6.45, 7) is 0.932. The molecule has 3 heterocycles. The molecular formula is C17H17N3O4S2. The lowest BCUT2D eigenvalue weighted by atomic mass is 10.0. The third kappa shape index (κ3) is 3.08. The summed E-state index contributed by atoms with van der Waals surface area (Å²) in [7, 11) is -3.30. The molecular weight excluding hydrogens is 374 g/mol. The molecule has 0 radical (unpaired) electrons. The molecule has 0 aliphatic carbocycles. The quantitative estimate of drug-likeness (QED) is 0.679. The molecule has 3 aromatic rings. The first kappa shape index (κ1) is 17.0. The van der Waals surface area contributed by atoms with Gasteiger partial charge in [-0.25, -0.2) is 13.2 Å². The van der Waals surface area contributed by atoms with E-state index in [1.807, 2.05) is 28.5 Å². The van der Waals surface area contributed by atoms with Gasteiger partial charge in [0.1, 0.15) is 6.67 Å². The van der Waals surface area contributed by atoms with Crippen LogP contribution < -0.4 is 10.7 Å². The van der Waals surface area contributed by atoms with E-state index < -0.39 is 15.6 Å². The van der Waals surface area contributed by atoms with Gasteiger partial charge in [0.05, 0.1) is 9.77 Å². The zero-order valence-corrected chi connectivity index (χ0v) is 15.7. The molecule has 0 saturated heterocycles. The van der Waals surface area contributed by atoms with Crippen molar-refractivity contribution in [1.82, 2.24) is 9.78 Å². The number of hydrogen-bond acceptors (Lipinski definition) is 7. The summed E-state index contributed by atoms with van der Waals surface area (Å²) in [4.78, 5) is 15.3. The summed E-state index contributed by atoms with van der Waals surface area (Å²) >= 11 is 1.45. The SMILES string of the molecule is CS(=O)(=O)c1cccc2c1CCCN2Cn1nc(-c2cccs2)oc1=O. The van der Waals surface area contributed by atoms with E-state index in [4.69, 9.17) is 4.42 Å². The summed E-state index contributed by atoms with van der Waals surface area (Å²) in [6.07, 6.45) is 2.73. The molecule has 0 amide bonds. The smallest absolute Gasteiger partial charge is 0.387 e. The van der Waals surface area contributed by atoms with Crippen molar-refractivity contribution in [3.05, 3.63) is 51.8 Å². The van der Waals surface area contributed by atoms with E-state index in [-0.39, 0.29) is 6.67 Å². The van der Waals surface area contributed by atoms with Crippen LogP contribution in [0.3, 0.4) is 0 Å². The molecule has 1 aliphatic rings. The van der Waals surface area contributed by atoms with Gasteiger partial charge in [-0.1, -0.05) is 12.1 Å². The number of rotatable bonds is 4. The van der Waals surface area contributed by atoms with Gasteiger partial charge in [0.25, 0.3) is 5.89 Å². The Morgan fingerprint density at radius 3 is 2.85 bits per heavy atom. The fourth-order valence-electron chi connectivity index (χ4n) is 3.22. The Morgan fingerprint density at radius 1 is 1.27 bits per heavy atom. The van der Waals surface area contributed by atoms with Crippen LogP contribution in [0, 0.1) is 0 Å². The highest BCUT2D eigenvalue weighted by molar-refractivity contribution is 7.90. The maximum Gasteiger partial charge on any atom is 0.439 e. The highest BCUT2D eigenvalue weighted by Crippen LogP contribution is 2.32. The molecule has 0 fully saturated rings. The van der Waals surface area contributed by atoms with Crippen molar-refractivity contribution < 1.29 is 12.8 Å². The van der Waals surface area contributed by atoms with Gasteiger partial charge in [0.2, 0.25) is 0 Å². The highest BCUT2D eigenvalue weighted by atomic mass is 32.2. The second-order valence-corrected chi connectivity index (χ2v) is 9.12. The van der Waals surface area contributed by atoms with Crippen LogP contribution in [0.25, 0.3) is 10.8 Å². The van der Waals surface area contributed by atoms with E-state index in [9.17, 15) is 13.2 Å². The third-order valence-corrected chi connectivity index (χ3v) is 6.39. The maximum absolute atomic E-state index is 12.2. The van der Waals surface area contributed by atoms with Gasteiger partial charge in [0, 0.05) is 18.5 Å². The van der Waals surface area contributed by atoms with Gasteiger partial charge in [-0.3, -0.25) is 0 Å². The predicted molar refractivity (Wildman–Crippen MR) is 99.3 cm³/mol. The van der Waals surface area contributed by atoms with Crippen molar-refractivity contribution in [2.45, 2.75) is 24.4 Å². The lowest BCUT2D eigenvalue weighted by Crippen LogP contribution is -2.35. The van der Waals surface area contributed by atoms with Crippen LogP contribution in [0.2, 0.25) is 0 Å². The van der Waals surface area contributed by atoms with E-state index in [2.05, 4.69) is 5.10 Å². The molecule has 26 heavy (non-hydrogen) atoms. The Labute approximate surface area is 154 Å². The molecule has 0 atom stereocenters. The molecule has 0 bridgehead atoms. The zero-order valence-electron chi connectivity index (χ0n) is 14.1. The maximum atomic E-state index is 12.2. The summed E-state index contributed by atoms with van der Waals surface area (Å²) in [6, 6.07) is 8.96. The van der Waals surface area contributed by atoms with E-state index in [0.717, 1.165) is 22.5 Å². The number of benzene rings is 1. The number of hydrogen-bond donors (Lipinski definition) is 0. The minimum absolute atomic E-state index is 0.216. The first-order valence-corrected chi connectivity index (χ1v) is 10.9. The predicted octanol–water partition coefficient (Wildman–Crippen LogP) is 2.38. The molecule has 1 aromatic carbocycles. The summed E-state index contributed by atoms with van der Waals surface area (Å²) in [5.41, 5.74) is 1.63. The Morgan fingerprint density at radius 2 is 2.12 bits per heavy atom. The van der Waals surface area contributed by atoms with E-state index in [1.165, 1.54) is 22.3 Å². The molecule has 1 aliphatic heterocycles. The average Bonchev–Trinajstić information content (AvgIpc) is 3.24. The van der Waals surface area contributed by atoms with Gasteiger partial charge in [-0.15, -0.1) is 16.4 Å². The standard InChI is InChI=1S/C17H17N3O4S2/c1-26(22,23)15-8-2-6-13-12(15)5-3-9-19(13)11-20-17(21)24-16(18-20)14-7-4-10-25-14/h2,4,6-8,10H,3,5,9,11H2,1H3. The molecule has 9 heteroatoms. The molecule has 2 aromatic heterocycles. The molecule has 0 N–H and O–H groups in total. The Balaban J connectivity index is 1.69. The van der Waals surface area contributed by atoms with Crippen LogP contribution in [0.5, 0.6) is 0 Å². The van der Waals surface area contributed by atoms with Crippen LogP contribution in [-0.2, 0) is 22.9 Å². The Kier molecular flexibility index (Phi) is 4.20. The summed E-state index contributed by atoms with van der Waals surface area (Å²) in [5.74, 6) is -0.230. The topological polar surface area (TPSA) is 85.4 Å². The Hall–Kier alpha value is -2.39. The molecule has 0 spiro atoms. The van der Waals surface area contributed by atoms with E-state index in [1.54, 1.807) is 12.1 Å². The van der Waals surface area contributed by atoms with Crippen LogP contribution in [0.4, 0.5) is 5.69 Å². The molecule has 4 rings (SSSR count). The van der Waals surface area contributed by atoms with Crippen LogP contribution in [0.15, 0.2) is 49.8 Å². The summed E-state index contributed by atoms with van der Waals surface area (Å²) in [5, 5.41) is 6.17. The number of thiophene rings is 1.